The minimum atomic E-state index is -0.603. The molecule has 168 valence electrons. The van der Waals surface area contributed by atoms with E-state index in [1.807, 2.05) is 31.2 Å². The molecule has 4 rings (SSSR count). The van der Waals surface area contributed by atoms with Gasteiger partial charge in [-0.15, -0.1) is 0 Å². The molecule has 2 heterocycles. The molecular weight excluding hydrogens is 444 g/mol. The average Bonchev–Trinajstić information content (AvgIpc) is 2.81. The summed E-state index contributed by atoms with van der Waals surface area (Å²) in [5.74, 6) is -0.0562. The predicted octanol–water partition coefficient (Wildman–Crippen LogP) is 3.22. The second kappa shape index (κ2) is 9.30. The molecule has 2 aromatic carbocycles. The van der Waals surface area contributed by atoms with Crippen LogP contribution in [0.2, 0.25) is 5.02 Å². The lowest BCUT2D eigenvalue weighted by atomic mass is 10.1. The summed E-state index contributed by atoms with van der Waals surface area (Å²) in [6.07, 6.45) is 1.48. The van der Waals surface area contributed by atoms with Gasteiger partial charge in [-0.1, -0.05) is 41.4 Å². The highest BCUT2D eigenvalue weighted by molar-refractivity contribution is 6.31. The van der Waals surface area contributed by atoms with E-state index in [2.05, 4.69) is 10.3 Å². The molecule has 33 heavy (non-hydrogen) atoms. The van der Waals surface area contributed by atoms with Crippen molar-refractivity contribution in [3.8, 4) is 5.75 Å². The molecule has 0 unspecified atom stereocenters. The van der Waals surface area contributed by atoms with Crippen molar-refractivity contribution in [2.45, 2.75) is 20.0 Å². The zero-order chi connectivity index (χ0) is 23.5. The molecule has 0 saturated heterocycles. The van der Waals surface area contributed by atoms with E-state index >= 15 is 0 Å². The third-order valence-electron chi connectivity index (χ3n) is 5.19. The molecule has 8 nitrogen and oxygen atoms in total. The Morgan fingerprint density at radius 1 is 1.09 bits per heavy atom. The van der Waals surface area contributed by atoms with E-state index < -0.39 is 17.2 Å². The van der Waals surface area contributed by atoms with Crippen LogP contribution in [-0.2, 0) is 17.9 Å². The van der Waals surface area contributed by atoms with Gasteiger partial charge < -0.3 is 10.1 Å². The van der Waals surface area contributed by atoms with Crippen molar-refractivity contribution in [3.63, 3.8) is 0 Å². The number of amides is 1. The smallest absolute Gasteiger partial charge is 0.332 e. The summed E-state index contributed by atoms with van der Waals surface area (Å²) in [5, 5.41) is 3.14. The highest BCUT2D eigenvalue weighted by atomic mass is 35.5. The number of fused-ring (bicyclic) bond motifs is 1. The Morgan fingerprint density at radius 2 is 1.85 bits per heavy atom. The second-order valence-corrected chi connectivity index (χ2v) is 7.95. The van der Waals surface area contributed by atoms with Gasteiger partial charge in [-0.3, -0.25) is 18.7 Å². The molecule has 4 aromatic rings. The first-order chi connectivity index (χ1) is 15.9. The van der Waals surface area contributed by atoms with Gasteiger partial charge >= 0.3 is 5.69 Å². The fourth-order valence-electron chi connectivity index (χ4n) is 3.52. The Balaban J connectivity index is 1.75. The SMILES string of the molecule is COc1ccc(Cl)cc1NC(=O)Cn1c(=O)n(Cc2ccc(C)cc2)c(=O)c2ncccc21. The van der Waals surface area contributed by atoms with Crippen LogP contribution >= 0.6 is 11.6 Å². The molecular formula is C24H21ClN4O4. The zero-order valence-electron chi connectivity index (χ0n) is 18.0. The van der Waals surface area contributed by atoms with Crippen molar-refractivity contribution in [2.24, 2.45) is 0 Å². The van der Waals surface area contributed by atoms with Gasteiger partial charge in [0.15, 0.2) is 5.52 Å². The largest absolute Gasteiger partial charge is 0.495 e. The van der Waals surface area contributed by atoms with Gasteiger partial charge in [0.25, 0.3) is 5.56 Å². The van der Waals surface area contributed by atoms with E-state index in [4.69, 9.17) is 16.3 Å². The van der Waals surface area contributed by atoms with Crippen molar-refractivity contribution in [1.29, 1.82) is 0 Å². The van der Waals surface area contributed by atoms with E-state index in [0.29, 0.717) is 16.5 Å². The number of pyridine rings is 1. The fraction of sp³-hybridized carbons (Fsp3) is 0.167. The maximum absolute atomic E-state index is 13.3. The number of benzene rings is 2. The first kappa shape index (κ1) is 22.3. The van der Waals surface area contributed by atoms with Crippen LogP contribution in [0.4, 0.5) is 5.69 Å². The number of carbonyl (C=O) groups is 1. The van der Waals surface area contributed by atoms with Crippen molar-refractivity contribution in [2.75, 3.05) is 12.4 Å². The quantitative estimate of drug-likeness (QED) is 0.472. The van der Waals surface area contributed by atoms with Crippen LogP contribution in [0.3, 0.4) is 0 Å². The molecule has 0 aliphatic heterocycles. The van der Waals surface area contributed by atoms with Crippen LogP contribution in [0, 0.1) is 6.92 Å². The number of nitrogens with zero attached hydrogens (tertiary/aromatic N) is 3. The number of anilines is 1. The lowest BCUT2D eigenvalue weighted by molar-refractivity contribution is -0.116. The topological polar surface area (TPSA) is 95.2 Å². The summed E-state index contributed by atoms with van der Waals surface area (Å²) in [6, 6.07) is 15.5. The lowest BCUT2D eigenvalue weighted by Gasteiger charge is -2.15. The number of ether oxygens (including phenoxy) is 1. The number of carbonyl (C=O) groups excluding carboxylic acids is 1. The molecule has 0 aliphatic carbocycles. The Labute approximate surface area is 194 Å². The third-order valence-corrected chi connectivity index (χ3v) is 5.42. The van der Waals surface area contributed by atoms with Crippen LogP contribution < -0.4 is 21.3 Å². The van der Waals surface area contributed by atoms with Gasteiger partial charge in [0.05, 0.1) is 24.9 Å². The summed E-state index contributed by atoms with van der Waals surface area (Å²) < 4.78 is 7.59. The highest BCUT2D eigenvalue weighted by Gasteiger charge is 2.17. The Kier molecular flexibility index (Phi) is 6.28. The Morgan fingerprint density at radius 3 is 2.58 bits per heavy atom. The molecule has 0 saturated carbocycles. The minimum Gasteiger partial charge on any atom is -0.495 e. The third kappa shape index (κ3) is 4.65. The van der Waals surface area contributed by atoms with E-state index in [9.17, 15) is 14.4 Å². The zero-order valence-corrected chi connectivity index (χ0v) is 18.8. The number of nitrogens with one attached hydrogen (secondary N) is 1. The van der Waals surface area contributed by atoms with Gasteiger partial charge in [0.1, 0.15) is 12.3 Å². The molecule has 1 N–H and O–H groups in total. The summed E-state index contributed by atoms with van der Waals surface area (Å²) in [5.41, 5.74) is 1.50. The first-order valence-corrected chi connectivity index (χ1v) is 10.5. The summed E-state index contributed by atoms with van der Waals surface area (Å²) in [4.78, 5) is 43.4. The van der Waals surface area contributed by atoms with Crippen molar-refractivity contribution in [1.82, 2.24) is 14.1 Å². The number of methoxy groups -OCH3 is 1. The van der Waals surface area contributed by atoms with E-state index in [0.717, 1.165) is 15.7 Å². The molecule has 0 spiro atoms. The van der Waals surface area contributed by atoms with Gasteiger partial charge in [-0.2, -0.15) is 0 Å². The first-order valence-electron chi connectivity index (χ1n) is 10.1. The predicted molar refractivity (Wildman–Crippen MR) is 127 cm³/mol. The maximum Gasteiger partial charge on any atom is 0.332 e. The monoisotopic (exact) mass is 464 g/mol. The van der Waals surface area contributed by atoms with Gasteiger partial charge in [0.2, 0.25) is 5.91 Å². The van der Waals surface area contributed by atoms with Crippen molar-refractivity contribution >= 4 is 34.2 Å². The van der Waals surface area contributed by atoms with Gasteiger partial charge in [-0.05, 0) is 42.8 Å². The van der Waals surface area contributed by atoms with Crippen LogP contribution in [0.25, 0.3) is 11.0 Å². The minimum absolute atomic E-state index is 0.0637. The summed E-state index contributed by atoms with van der Waals surface area (Å²) in [6.45, 7) is 1.69. The van der Waals surface area contributed by atoms with E-state index in [1.54, 1.807) is 30.3 Å². The number of aromatic nitrogens is 3. The molecule has 0 fully saturated rings. The average molecular weight is 465 g/mol. The second-order valence-electron chi connectivity index (χ2n) is 7.51. The standard InChI is InChI=1S/C24H21ClN4O4/c1-15-5-7-16(8-6-15)13-29-23(31)22-19(4-3-11-26-22)28(24(29)32)14-21(30)27-18-12-17(25)9-10-20(18)33-2/h3-12H,13-14H2,1-2H3,(H,27,30). The number of rotatable bonds is 6. The van der Waals surface area contributed by atoms with Gasteiger partial charge in [-0.25, -0.2) is 9.78 Å². The van der Waals surface area contributed by atoms with Crippen LogP contribution in [0.15, 0.2) is 70.4 Å². The summed E-state index contributed by atoms with van der Waals surface area (Å²) >= 11 is 6.04. The van der Waals surface area contributed by atoms with E-state index in [-0.39, 0.29) is 24.1 Å². The molecule has 1 amide bonds. The normalized spacial score (nSPS) is 10.9. The molecule has 9 heteroatoms. The molecule has 0 atom stereocenters. The maximum atomic E-state index is 13.3. The Hall–Kier alpha value is -3.91. The number of hydrogen-bond acceptors (Lipinski definition) is 5. The van der Waals surface area contributed by atoms with Crippen LogP contribution in [-0.4, -0.2) is 27.1 Å². The van der Waals surface area contributed by atoms with Crippen LogP contribution in [0.1, 0.15) is 11.1 Å². The summed E-state index contributed by atoms with van der Waals surface area (Å²) in [7, 11) is 1.48. The number of hydrogen-bond donors (Lipinski definition) is 1. The number of halogens is 1. The highest BCUT2D eigenvalue weighted by Crippen LogP contribution is 2.27. The lowest BCUT2D eigenvalue weighted by Crippen LogP contribution is -2.42. The molecule has 0 aliphatic rings. The van der Waals surface area contributed by atoms with E-state index in [1.165, 1.54) is 17.9 Å². The number of aryl methyl sites for hydroxylation is 1. The van der Waals surface area contributed by atoms with Crippen molar-refractivity contribution < 1.29 is 9.53 Å². The molecule has 0 radical (unpaired) electrons. The Bertz CT molecular complexity index is 1460. The van der Waals surface area contributed by atoms with Gasteiger partial charge in [0, 0.05) is 11.2 Å². The fourth-order valence-corrected chi connectivity index (χ4v) is 3.69. The van der Waals surface area contributed by atoms with Crippen molar-refractivity contribution in [3.05, 3.63) is 97.8 Å². The molecule has 2 aromatic heterocycles. The van der Waals surface area contributed by atoms with Crippen LogP contribution in [0.5, 0.6) is 5.75 Å². The molecule has 0 bridgehead atoms.